The fourth-order valence-electron chi connectivity index (χ4n) is 8.20. The van der Waals surface area contributed by atoms with Gasteiger partial charge in [-0.1, -0.05) is 13.8 Å². The maximum atomic E-state index is 13.2. The van der Waals surface area contributed by atoms with Crippen LogP contribution in [0.1, 0.15) is 33.6 Å². The molecule has 0 aliphatic carbocycles. The molecule has 2 aromatic carbocycles. The number of aliphatic hydroxyl groups is 8. The van der Waals surface area contributed by atoms with Crippen LogP contribution in [0.3, 0.4) is 0 Å². The molecule has 14 atom stereocenters. The van der Waals surface area contributed by atoms with Gasteiger partial charge < -0.3 is 48.5 Å². The maximum absolute atomic E-state index is 13.2. The van der Waals surface area contributed by atoms with Gasteiger partial charge in [0.15, 0.2) is 0 Å². The molecule has 2 saturated heterocycles. The van der Waals surface area contributed by atoms with Crippen LogP contribution in [0.25, 0.3) is 0 Å². The fraction of sp³-hybridized carbons (Fsp3) is 0.760. The van der Waals surface area contributed by atoms with Gasteiger partial charge in [-0.25, -0.2) is 8.42 Å². The molecule has 2 aromatic rings. The van der Waals surface area contributed by atoms with E-state index in [4.69, 9.17) is 52.1 Å². The van der Waals surface area contributed by atoms with Crippen LogP contribution in [-0.4, -0.2) is 238 Å². The molecule has 0 amide bonds. The van der Waals surface area contributed by atoms with E-state index in [1.165, 1.54) is 43.5 Å². The van der Waals surface area contributed by atoms with Gasteiger partial charge in [0.1, 0.15) is 36.4 Å². The van der Waals surface area contributed by atoms with Gasteiger partial charge in [0, 0.05) is 19.8 Å². The molecule has 21 nitrogen and oxygen atoms in total. The third-order valence-corrected chi connectivity index (χ3v) is 15.9. The molecule has 0 spiro atoms. The molecule has 2 heterocycles. The minimum atomic E-state index is -3.80. The number of aliphatic hydroxyl groups excluding tert-OH is 8. The Morgan fingerprint density at radius 2 is 1.14 bits per heavy atom. The SMILES string of the molecule is CCOCC1OC(COCCCOCC(O)COCC(COc2ccc(S(=O)(=O)c3ccc(OC)cc3)cc2)OCC(O)COCC(O)CC(C)C)C(COCC2OC(CO)C(C[I-]C)C(O)C2O)C(O)C1O. The Labute approximate surface area is 440 Å². The van der Waals surface area contributed by atoms with Crippen molar-refractivity contribution in [3.05, 3.63) is 48.5 Å². The molecule has 2 aliphatic rings. The summed E-state index contributed by atoms with van der Waals surface area (Å²) in [5, 5.41) is 84.8. The molecule has 0 bridgehead atoms. The number of halogens is 1. The summed E-state index contributed by atoms with van der Waals surface area (Å²) >= 11 is -0.227. The van der Waals surface area contributed by atoms with Crippen molar-refractivity contribution < 1.29 is 123 Å². The zero-order valence-corrected chi connectivity index (χ0v) is 45.7. The number of rotatable bonds is 37. The first-order valence-electron chi connectivity index (χ1n) is 24.8. The molecule has 14 unspecified atom stereocenters. The van der Waals surface area contributed by atoms with E-state index >= 15 is 0 Å². The standard InChI is InChI=1S/C50H82IO21S/c1-6-63-30-45-50(59)48(57)42(28-68-31-46-49(58)47(56)41(19-51-4)43(20-52)71-46)44(72-45)29-65-17-7-16-64-22-34(54)23-67-26-38(69-25-35(55)24-66-21-33(53)18-32(2)3)27-70-37-10-14-40(15-11-37)73(60,61)39-12-8-36(62-5)9-13-39/h8-15,32-35,38,41-50,52-59H,6-7,16-31H2,1-5H3/q-1. The first-order valence-corrected chi connectivity index (χ1v) is 30.0. The molecule has 0 aromatic heterocycles. The van der Waals surface area contributed by atoms with E-state index in [0.717, 1.165) is 0 Å². The number of hydrogen-bond donors (Lipinski definition) is 8. The van der Waals surface area contributed by atoms with Crippen molar-refractivity contribution >= 4 is 9.84 Å². The fourth-order valence-corrected chi connectivity index (χ4v) is 11.6. The summed E-state index contributed by atoms with van der Waals surface area (Å²) < 4.78 is 90.3. The van der Waals surface area contributed by atoms with Gasteiger partial charge in [0.25, 0.3) is 0 Å². The van der Waals surface area contributed by atoms with Crippen molar-refractivity contribution in [1.29, 1.82) is 0 Å². The van der Waals surface area contributed by atoms with E-state index in [1.807, 2.05) is 18.8 Å². The summed E-state index contributed by atoms with van der Waals surface area (Å²) in [6, 6.07) is 12.0. The Bertz CT molecular complexity index is 1870. The van der Waals surface area contributed by atoms with Gasteiger partial charge in [-0.15, -0.1) is 0 Å². The molecule has 8 N–H and O–H groups in total. The molecular formula is C50H82IO21S-. The second-order valence-electron chi connectivity index (χ2n) is 18.6. The Morgan fingerprint density at radius 3 is 1.74 bits per heavy atom. The monoisotopic (exact) mass is 1180 g/mol. The van der Waals surface area contributed by atoms with E-state index in [9.17, 15) is 49.3 Å². The number of methoxy groups -OCH3 is 1. The number of hydrogen-bond acceptors (Lipinski definition) is 21. The molecule has 73 heavy (non-hydrogen) atoms. The first kappa shape index (κ1) is 63.6. The predicted octanol–water partition coefficient (Wildman–Crippen LogP) is -3.15. The van der Waals surface area contributed by atoms with Crippen LogP contribution in [0.15, 0.2) is 58.3 Å². The van der Waals surface area contributed by atoms with Gasteiger partial charge in [-0.3, -0.25) is 0 Å². The molecule has 0 radical (unpaired) electrons. The van der Waals surface area contributed by atoms with Crippen LogP contribution in [-0.2, 0) is 52.5 Å². The quantitative estimate of drug-likeness (QED) is 0.0188. The molecule has 422 valence electrons. The number of ether oxygens (including phenoxy) is 11. The van der Waals surface area contributed by atoms with E-state index in [0.29, 0.717) is 35.4 Å². The van der Waals surface area contributed by atoms with Crippen LogP contribution in [0, 0.1) is 17.8 Å². The van der Waals surface area contributed by atoms with E-state index in [1.54, 1.807) is 19.1 Å². The van der Waals surface area contributed by atoms with Crippen LogP contribution in [0.2, 0.25) is 0 Å². The van der Waals surface area contributed by atoms with Crippen molar-refractivity contribution in [3.8, 4) is 11.5 Å². The second kappa shape index (κ2) is 34.0. The minimum absolute atomic E-state index is 0.0305. The van der Waals surface area contributed by atoms with Gasteiger partial charge >= 0.3 is 162 Å². The summed E-state index contributed by atoms with van der Waals surface area (Å²) in [6.07, 6.45) is -10.4. The normalized spacial score (nSPS) is 26.4. The van der Waals surface area contributed by atoms with Crippen LogP contribution < -0.4 is 30.7 Å². The molecule has 2 fully saturated rings. The first-order chi connectivity index (χ1) is 35.0. The van der Waals surface area contributed by atoms with Gasteiger partial charge in [-0.2, -0.15) is 0 Å². The molecular weight excluding hydrogens is 1100 g/mol. The van der Waals surface area contributed by atoms with E-state index in [2.05, 4.69) is 0 Å². The zero-order valence-electron chi connectivity index (χ0n) is 42.7. The van der Waals surface area contributed by atoms with E-state index < -0.39 is 89.0 Å². The third kappa shape index (κ3) is 21.4. The zero-order chi connectivity index (χ0) is 53.3. The topological polar surface area (TPSA) is 298 Å². The Kier molecular flexibility index (Phi) is 29.6. The van der Waals surface area contributed by atoms with Crippen molar-refractivity contribution in [2.24, 2.45) is 17.8 Å². The van der Waals surface area contributed by atoms with Crippen molar-refractivity contribution in [3.63, 3.8) is 0 Å². The number of alkyl halides is 2. The molecule has 23 heteroatoms. The predicted molar refractivity (Wildman–Crippen MR) is 259 cm³/mol. The summed E-state index contributed by atoms with van der Waals surface area (Å²) in [5.41, 5.74) is 0. The summed E-state index contributed by atoms with van der Waals surface area (Å²) in [6.45, 7) is 5.69. The van der Waals surface area contributed by atoms with Crippen molar-refractivity contribution in [1.82, 2.24) is 0 Å². The van der Waals surface area contributed by atoms with Crippen LogP contribution >= 0.6 is 0 Å². The summed E-state index contributed by atoms with van der Waals surface area (Å²) in [4.78, 5) is 2.22. The average Bonchev–Trinajstić information content (AvgIpc) is 3.37. The van der Waals surface area contributed by atoms with Gasteiger partial charge in [0.05, 0.1) is 69.3 Å². The second-order valence-corrected chi connectivity index (χ2v) is 23.0. The Balaban J connectivity index is 1.22. The Morgan fingerprint density at radius 1 is 0.603 bits per heavy atom. The molecule has 2 aliphatic heterocycles. The molecule has 4 rings (SSSR count). The average molecular weight is 1180 g/mol. The third-order valence-electron chi connectivity index (χ3n) is 12.2. The van der Waals surface area contributed by atoms with Crippen LogP contribution in [0.4, 0.5) is 0 Å². The number of sulfone groups is 1. The number of benzene rings is 2. The van der Waals surface area contributed by atoms with Crippen LogP contribution in [0.5, 0.6) is 11.5 Å². The Hall–Kier alpha value is -1.96. The van der Waals surface area contributed by atoms with Crippen molar-refractivity contribution in [2.45, 2.75) is 117 Å². The van der Waals surface area contributed by atoms with Gasteiger partial charge in [-0.05, 0) is 74.2 Å². The van der Waals surface area contributed by atoms with Crippen molar-refractivity contribution in [2.75, 3.05) is 116 Å². The van der Waals surface area contributed by atoms with Gasteiger partial charge in [0.2, 0.25) is 9.84 Å². The summed E-state index contributed by atoms with van der Waals surface area (Å²) in [5.74, 6) is 0.0418. The van der Waals surface area contributed by atoms with E-state index in [-0.39, 0.29) is 135 Å². The molecule has 0 saturated carbocycles. The summed E-state index contributed by atoms with van der Waals surface area (Å²) in [7, 11) is -2.31.